The third-order valence-electron chi connectivity index (χ3n) is 3.96. The lowest BCUT2D eigenvalue weighted by molar-refractivity contribution is -0.306. The van der Waals surface area contributed by atoms with Gasteiger partial charge in [-0.25, -0.2) is 0 Å². The Morgan fingerprint density at radius 3 is 1.84 bits per heavy atom. The van der Waals surface area contributed by atoms with Gasteiger partial charge in [-0.05, 0) is 0 Å². The molecule has 0 aliphatic carbocycles. The van der Waals surface area contributed by atoms with E-state index in [4.69, 9.17) is 19.7 Å². The monoisotopic (exact) mass is 374 g/mol. The molecule has 1 aliphatic rings. The Balaban J connectivity index is 2.58. The van der Waals surface area contributed by atoms with Gasteiger partial charge in [-0.3, -0.25) is 0 Å². The van der Waals surface area contributed by atoms with Crippen LogP contribution >= 0.6 is 0 Å². The molecule has 0 aromatic heterocycles. The van der Waals surface area contributed by atoms with Crippen LogP contribution in [0.4, 0.5) is 0 Å². The van der Waals surface area contributed by atoms with Crippen molar-refractivity contribution >= 4 is 0 Å². The first-order chi connectivity index (χ1) is 11.6. The molecule has 0 spiro atoms. The summed E-state index contributed by atoms with van der Waals surface area (Å²) in [7, 11) is 0. The van der Waals surface area contributed by atoms with E-state index in [9.17, 15) is 40.9 Å². The van der Waals surface area contributed by atoms with Crippen LogP contribution in [0.25, 0.3) is 0 Å². The van der Waals surface area contributed by atoms with Crippen molar-refractivity contribution in [3.63, 3.8) is 0 Å². The Hall–Kier alpha value is -0.480. The maximum absolute atomic E-state index is 9.76. The van der Waals surface area contributed by atoms with E-state index in [2.05, 4.69) is 0 Å². The second-order valence-corrected chi connectivity index (χ2v) is 5.82. The summed E-state index contributed by atoms with van der Waals surface area (Å²) in [6.07, 6.45) is -17.3. The van der Waals surface area contributed by atoms with E-state index < -0.39 is 81.0 Å². The molecule has 0 aromatic rings. The zero-order chi connectivity index (χ0) is 19.3. The maximum Gasteiger partial charge on any atom is 0.186 e. The molecule has 0 radical (unpaired) electrons. The van der Waals surface area contributed by atoms with Crippen molar-refractivity contribution in [2.45, 2.75) is 61.2 Å². The zero-order valence-electron chi connectivity index (χ0n) is 13.2. The summed E-state index contributed by atoms with van der Waals surface area (Å²) >= 11 is 0. The van der Waals surface area contributed by atoms with E-state index in [1.807, 2.05) is 0 Å². The van der Waals surface area contributed by atoms with Crippen molar-refractivity contribution in [1.29, 1.82) is 0 Å². The van der Waals surface area contributed by atoms with Crippen molar-refractivity contribution in [3.8, 4) is 0 Å². The summed E-state index contributed by atoms with van der Waals surface area (Å²) in [6, 6.07) is 0. The summed E-state index contributed by atoms with van der Waals surface area (Å²) < 4.78 is 9.99. The molecule has 10 N–H and O–H groups in total. The van der Waals surface area contributed by atoms with Gasteiger partial charge in [0.1, 0.15) is 54.9 Å². The second kappa shape index (κ2) is 10.0. The fourth-order valence-corrected chi connectivity index (χ4v) is 2.26. The highest BCUT2D eigenvalue weighted by molar-refractivity contribution is 4.89. The number of aliphatic hydroxyl groups is 10. The normalized spacial score (nSPS) is 36.5. The molecule has 0 amide bonds. The molecule has 0 aromatic carbocycles. The molecule has 1 heterocycles. The van der Waals surface area contributed by atoms with Crippen molar-refractivity contribution in [1.82, 2.24) is 0 Å². The van der Waals surface area contributed by atoms with Crippen molar-refractivity contribution in [2.24, 2.45) is 0 Å². The van der Waals surface area contributed by atoms with Crippen LogP contribution in [0.2, 0.25) is 0 Å². The van der Waals surface area contributed by atoms with Gasteiger partial charge in [0, 0.05) is 0 Å². The lowest BCUT2D eigenvalue weighted by atomic mass is 9.99. The fourth-order valence-electron chi connectivity index (χ4n) is 2.26. The summed E-state index contributed by atoms with van der Waals surface area (Å²) in [5.74, 6) is 0. The zero-order valence-corrected chi connectivity index (χ0v) is 13.2. The van der Waals surface area contributed by atoms with Gasteiger partial charge in [0.2, 0.25) is 0 Å². The molecule has 1 aliphatic heterocycles. The third kappa shape index (κ3) is 5.50. The van der Waals surface area contributed by atoms with Crippen LogP contribution in [-0.2, 0) is 9.47 Å². The maximum atomic E-state index is 9.76. The Bertz CT molecular complexity index is 382. The number of aliphatic hydroxyl groups excluding tert-OH is 10. The van der Waals surface area contributed by atoms with E-state index in [1.54, 1.807) is 0 Å². The SMILES string of the molecule is OC[C@@H](O)[C@H](O)[C@@H](O)[C@H](O)[C@H](O)COC1O[C@H](CO)[C@@H](O)[C@H](O)[C@H]1O. The molecule has 1 fully saturated rings. The van der Waals surface area contributed by atoms with E-state index in [0.717, 1.165) is 0 Å². The predicted octanol–water partition coefficient (Wildman–Crippen LogP) is -6.40. The van der Waals surface area contributed by atoms with E-state index in [1.165, 1.54) is 0 Å². The van der Waals surface area contributed by atoms with Gasteiger partial charge in [0.05, 0.1) is 19.8 Å². The second-order valence-electron chi connectivity index (χ2n) is 5.82. The highest BCUT2D eigenvalue weighted by Gasteiger charge is 2.44. The lowest BCUT2D eigenvalue weighted by Crippen LogP contribution is -2.59. The quantitative estimate of drug-likeness (QED) is 0.182. The first kappa shape index (κ1) is 22.6. The molecular weight excluding hydrogens is 348 g/mol. The summed E-state index contributed by atoms with van der Waals surface area (Å²) in [5.41, 5.74) is 0. The van der Waals surface area contributed by atoms with Gasteiger partial charge in [-0.2, -0.15) is 0 Å². The molecule has 0 saturated carbocycles. The standard InChI is InChI=1S/C13H26O12/c14-1-4(16)7(18)10(21)8(19)5(17)3-24-13-12(23)11(22)9(20)6(2-15)25-13/h4-23H,1-3H2/t4-,5-,6-,7+,8-,9-,10-,11+,12-,13?/m1/s1. The van der Waals surface area contributed by atoms with Crippen LogP contribution in [0.5, 0.6) is 0 Å². The van der Waals surface area contributed by atoms with Gasteiger partial charge < -0.3 is 60.5 Å². The average molecular weight is 374 g/mol. The number of rotatable bonds is 9. The largest absolute Gasteiger partial charge is 0.394 e. The number of hydrogen-bond donors (Lipinski definition) is 10. The highest BCUT2D eigenvalue weighted by Crippen LogP contribution is 2.22. The molecule has 12 heteroatoms. The van der Waals surface area contributed by atoms with Crippen LogP contribution in [0, 0.1) is 0 Å². The van der Waals surface area contributed by atoms with Crippen LogP contribution in [0.1, 0.15) is 0 Å². The van der Waals surface area contributed by atoms with Gasteiger partial charge in [0.25, 0.3) is 0 Å². The van der Waals surface area contributed by atoms with Gasteiger partial charge in [-0.1, -0.05) is 0 Å². The molecule has 1 unspecified atom stereocenters. The first-order valence-electron chi connectivity index (χ1n) is 7.59. The van der Waals surface area contributed by atoms with Crippen molar-refractivity contribution < 1.29 is 60.5 Å². The molecule has 10 atom stereocenters. The summed E-state index contributed by atoms with van der Waals surface area (Å²) in [6.45, 7) is -2.30. The highest BCUT2D eigenvalue weighted by atomic mass is 16.7. The number of hydrogen-bond acceptors (Lipinski definition) is 12. The molecule has 25 heavy (non-hydrogen) atoms. The third-order valence-corrected chi connectivity index (χ3v) is 3.96. The van der Waals surface area contributed by atoms with Crippen LogP contribution < -0.4 is 0 Å². The van der Waals surface area contributed by atoms with Crippen LogP contribution in [-0.4, -0.2) is 132 Å². The number of ether oxygens (including phenoxy) is 2. The summed E-state index contributed by atoms with van der Waals surface area (Å²) in [5, 5.41) is 94.4. The topological polar surface area (TPSA) is 221 Å². The van der Waals surface area contributed by atoms with Crippen LogP contribution in [0.3, 0.4) is 0 Å². The van der Waals surface area contributed by atoms with Crippen molar-refractivity contribution in [2.75, 3.05) is 19.8 Å². The average Bonchev–Trinajstić information content (AvgIpc) is 2.62. The van der Waals surface area contributed by atoms with Crippen molar-refractivity contribution in [3.05, 3.63) is 0 Å². The van der Waals surface area contributed by atoms with Gasteiger partial charge >= 0.3 is 0 Å². The minimum absolute atomic E-state index is 0.681. The van der Waals surface area contributed by atoms with E-state index in [-0.39, 0.29) is 0 Å². The first-order valence-corrected chi connectivity index (χ1v) is 7.59. The Morgan fingerprint density at radius 2 is 1.32 bits per heavy atom. The predicted molar refractivity (Wildman–Crippen MR) is 76.8 cm³/mol. The smallest absolute Gasteiger partial charge is 0.186 e. The Labute approximate surface area is 142 Å². The molecule has 1 rings (SSSR count). The molecule has 12 nitrogen and oxygen atoms in total. The molecule has 1 saturated heterocycles. The lowest BCUT2D eigenvalue weighted by Gasteiger charge is -2.40. The van der Waals surface area contributed by atoms with E-state index >= 15 is 0 Å². The minimum atomic E-state index is -2.02. The summed E-state index contributed by atoms with van der Waals surface area (Å²) in [4.78, 5) is 0. The van der Waals surface area contributed by atoms with E-state index in [0.29, 0.717) is 0 Å². The molecule has 150 valence electrons. The fraction of sp³-hybridized carbons (Fsp3) is 1.00. The Kier molecular flexibility index (Phi) is 9.03. The van der Waals surface area contributed by atoms with Gasteiger partial charge in [0.15, 0.2) is 6.29 Å². The van der Waals surface area contributed by atoms with Gasteiger partial charge in [-0.15, -0.1) is 0 Å². The minimum Gasteiger partial charge on any atom is -0.394 e. The molecular formula is C13H26O12. The Morgan fingerprint density at radius 1 is 0.760 bits per heavy atom. The van der Waals surface area contributed by atoms with Crippen LogP contribution in [0.15, 0.2) is 0 Å². The molecule has 0 bridgehead atoms.